The van der Waals surface area contributed by atoms with E-state index in [1.54, 1.807) is 48.8 Å². The molecule has 4 aromatic rings. The summed E-state index contributed by atoms with van der Waals surface area (Å²) in [5.41, 5.74) is 3.47. The fourth-order valence-corrected chi connectivity index (χ4v) is 5.87. The molecular weight excluding hydrogens is 528 g/mol. The molecule has 0 bridgehead atoms. The summed E-state index contributed by atoms with van der Waals surface area (Å²) in [5, 5.41) is 0.700. The third-order valence-corrected chi connectivity index (χ3v) is 8.58. The second kappa shape index (κ2) is 8.89. The van der Waals surface area contributed by atoms with Gasteiger partial charge in [-0.3, -0.25) is 4.79 Å². The van der Waals surface area contributed by atoms with Gasteiger partial charge in [-0.15, -0.1) is 0 Å². The van der Waals surface area contributed by atoms with E-state index in [1.165, 1.54) is 3.97 Å². The number of halogens is 1. The molecular formula is C26H25BrN4O3S. The third-order valence-electron chi connectivity index (χ3n) is 6.48. The second-order valence-electron chi connectivity index (χ2n) is 9.09. The van der Waals surface area contributed by atoms with Crippen molar-refractivity contribution in [3.63, 3.8) is 0 Å². The van der Waals surface area contributed by atoms with Crippen molar-refractivity contribution in [1.29, 1.82) is 0 Å². The van der Waals surface area contributed by atoms with E-state index in [0.29, 0.717) is 22.6 Å². The summed E-state index contributed by atoms with van der Waals surface area (Å²) >= 11 is 3.45. The van der Waals surface area contributed by atoms with Gasteiger partial charge >= 0.3 is 0 Å². The van der Waals surface area contributed by atoms with E-state index >= 15 is 0 Å². The smallest absolute Gasteiger partial charge is 0.269 e. The van der Waals surface area contributed by atoms with Crippen molar-refractivity contribution in [2.75, 3.05) is 27.2 Å². The molecule has 35 heavy (non-hydrogen) atoms. The zero-order valence-corrected chi connectivity index (χ0v) is 22.0. The van der Waals surface area contributed by atoms with Gasteiger partial charge in [0, 0.05) is 52.5 Å². The van der Waals surface area contributed by atoms with Gasteiger partial charge in [0.05, 0.1) is 4.90 Å². The first-order valence-corrected chi connectivity index (χ1v) is 13.4. The van der Waals surface area contributed by atoms with E-state index in [0.717, 1.165) is 34.3 Å². The highest BCUT2D eigenvalue weighted by Crippen LogP contribution is 2.34. The normalized spacial score (nSPS) is 14.5. The first-order chi connectivity index (χ1) is 16.6. The minimum absolute atomic E-state index is 0.00318. The Labute approximate surface area is 213 Å². The molecule has 180 valence electrons. The Morgan fingerprint density at radius 3 is 2.34 bits per heavy atom. The van der Waals surface area contributed by atoms with Crippen LogP contribution in [0.1, 0.15) is 15.9 Å². The zero-order chi connectivity index (χ0) is 24.9. The molecule has 1 aliphatic rings. The topological polar surface area (TPSA) is 75.5 Å². The van der Waals surface area contributed by atoms with Crippen molar-refractivity contribution >= 4 is 42.9 Å². The lowest BCUT2D eigenvalue weighted by molar-refractivity contribution is 0.0399. The van der Waals surface area contributed by atoms with E-state index in [-0.39, 0.29) is 10.8 Å². The van der Waals surface area contributed by atoms with Crippen molar-refractivity contribution < 1.29 is 13.2 Å². The van der Waals surface area contributed by atoms with Crippen LogP contribution in [-0.4, -0.2) is 66.3 Å². The van der Waals surface area contributed by atoms with Crippen LogP contribution in [0.15, 0.2) is 76.4 Å². The molecule has 1 amide bonds. The predicted molar refractivity (Wildman–Crippen MR) is 140 cm³/mol. The molecule has 1 saturated heterocycles. The van der Waals surface area contributed by atoms with Crippen molar-refractivity contribution in [2.45, 2.75) is 17.9 Å². The summed E-state index contributed by atoms with van der Waals surface area (Å²) in [5.74, 6) is 0.00318. The van der Waals surface area contributed by atoms with Gasteiger partial charge in [-0.05, 0) is 72.8 Å². The number of aryl methyl sites for hydroxylation is 1. The Morgan fingerprint density at radius 1 is 1.06 bits per heavy atom. The largest absolute Gasteiger partial charge is 0.335 e. The Balaban J connectivity index is 1.52. The number of likely N-dealkylation sites (N-methyl/N-ethyl adjacent to an activating group) is 1. The SMILES string of the molecule is Cc1ccc(S(=O)(=O)n2cc(-c3ccc(C(=O)N4CC(N(C)C)C4)cc3)c3cc(Br)cnc32)cc1. The summed E-state index contributed by atoms with van der Waals surface area (Å²) < 4.78 is 28.9. The van der Waals surface area contributed by atoms with Crippen LogP contribution >= 0.6 is 15.9 Å². The second-order valence-corrected chi connectivity index (χ2v) is 11.8. The highest BCUT2D eigenvalue weighted by Gasteiger charge is 2.32. The quantitative estimate of drug-likeness (QED) is 0.367. The molecule has 5 rings (SSSR count). The van der Waals surface area contributed by atoms with E-state index in [4.69, 9.17) is 0 Å². The molecule has 3 heterocycles. The van der Waals surface area contributed by atoms with E-state index in [1.807, 2.05) is 44.1 Å². The molecule has 0 unspecified atom stereocenters. The number of benzene rings is 2. The average Bonchev–Trinajstić information content (AvgIpc) is 3.17. The van der Waals surface area contributed by atoms with Crippen LogP contribution in [0.2, 0.25) is 0 Å². The lowest BCUT2D eigenvalue weighted by atomic mass is 10.0. The lowest BCUT2D eigenvalue weighted by Crippen LogP contribution is -2.59. The van der Waals surface area contributed by atoms with E-state index in [2.05, 4.69) is 25.8 Å². The van der Waals surface area contributed by atoms with Crippen molar-refractivity contribution in [3.8, 4) is 11.1 Å². The zero-order valence-electron chi connectivity index (χ0n) is 19.6. The number of nitrogens with zero attached hydrogens (tertiary/aromatic N) is 4. The minimum Gasteiger partial charge on any atom is -0.335 e. The summed E-state index contributed by atoms with van der Waals surface area (Å²) in [6.45, 7) is 3.35. The summed E-state index contributed by atoms with van der Waals surface area (Å²) in [4.78, 5) is 21.4. The number of pyridine rings is 1. The molecule has 1 aliphatic heterocycles. The molecule has 0 N–H and O–H groups in total. The Bertz CT molecular complexity index is 1520. The maximum atomic E-state index is 13.5. The van der Waals surface area contributed by atoms with Crippen LogP contribution in [0.3, 0.4) is 0 Å². The number of carbonyl (C=O) groups excluding carboxylic acids is 1. The standard InChI is InChI=1S/C26H25BrN4O3S/c1-17-4-10-22(11-5-17)35(33,34)31-16-24(23-12-20(27)13-28-25(23)31)18-6-8-19(9-7-18)26(32)30-14-21(15-30)29(2)3/h4-13,16,21H,14-15H2,1-3H3. The van der Waals surface area contributed by atoms with Crippen molar-refractivity contribution in [2.24, 2.45) is 0 Å². The Hall–Kier alpha value is -3.01. The monoisotopic (exact) mass is 552 g/mol. The van der Waals surface area contributed by atoms with Gasteiger partial charge in [0.2, 0.25) is 0 Å². The van der Waals surface area contributed by atoms with Gasteiger partial charge in [0.25, 0.3) is 15.9 Å². The molecule has 7 nitrogen and oxygen atoms in total. The number of fused-ring (bicyclic) bond motifs is 1. The molecule has 2 aromatic heterocycles. The average molecular weight is 553 g/mol. The number of likely N-dealkylation sites (tertiary alicyclic amines) is 1. The van der Waals surface area contributed by atoms with Gasteiger partial charge in [-0.1, -0.05) is 29.8 Å². The van der Waals surface area contributed by atoms with Crippen molar-refractivity contribution in [1.82, 2.24) is 18.8 Å². The number of hydrogen-bond acceptors (Lipinski definition) is 5. The van der Waals surface area contributed by atoms with Gasteiger partial charge in [0.1, 0.15) is 0 Å². The number of rotatable bonds is 5. The number of carbonyl (C=O) groups is 1. The molecule has 2 aromatic carbocycles. The van der Waals surface area contributed by atoms with Crippen LogP contribution in [0.5, 0.6) is 0 Å². The first kappa shape index (κ1) is 23.7. The summed E-state index contributed by atoms with van der Waals surface area (Å²) in [7, 11) is 0.186. The third kappa shape index (κ3) is 4.28. The molecule has 0 aliphatic carbocycles. The van der Waals surface area contributed by atoms with Gasteiger partial charge in [0.15, 0.2) is 5.65 Å². The number of hydrogen-bond donors (Lipinski definition) is 0. The summed E-state index contributed by atoms with van der Waals surface area (Å²) in [6, 6.07) is 16.3. The van der Waals surface area contributed by atoms with Crippen LogP contribution < -0.4 is 0 Å². The Kier molecular flexibility index (Phi) is 6.03. The first-order valence-electron chi connectivity index (χ1n) is 11.2. The fourth-order valence-electron chi connectivity index (χ4n) is 4.21. The predicted octanol–water partition coefficient (Wildman–Crippen LogP) is 4.40. The fraction of sp³-hybridized carbons (Fsp3) is 0.231. The Morgan fingerprint density at radius 2 is 1.71 bits per heavy atom. The molecule has 1 fully saturated rings. The van der Waals surface area contributed by atoms with Gasteiger partial charge in [-0.2, -0.15) is 0 Å². The van der Waals surface area contributed by atoms with Crippen LogP contribution in [0, 0.1) is 6.92 Å². The molecule has 0 saturated carbocycles. The molecule has 0 spiro atoms. The lowest BCUT2D eigenvalue weighted by Gasteiger charge is -2.42. The highest BCUT2D eigenvalue weighted by atomic mass is 79.9. The maximum Gasteiger partial charge on any atom is 0.269 e. The van der Waals surface area contributed by atoms with Gasteiger partial charge < -0.3 is 9.80 Å². The van der Waals surface area contributed by atoms with Crippen LogP contribution in [0.25, 0.3) is 22.2 Å². The van der Waals surface area contributed by atoms with E-state index < -0.39 is 10.0 Å². The van der Waals surface area contributed by atoms with E-state index in [9.17, 15) is 13.2 Å². The molecule has 0 radical (unpaired) electrons. The van der Waals surface area contributed by atoms with Crippen LogP contribution in [0.4, 0.5) is 0 Å². The van der Waals surface area contributed by atoms with Crippen LogP contribution in [-0.2, 0) is 10.0 Å². The number of amides is 1. The molecule has 0 atom stereocenters. The minimum atomic E-state index is -3.85. The molecule has 9 heteroatoms. The maximum absolute atomic E-state index is 13.5. The van der Waals surface area contributed by atoms with Crippen molar-refractivity contribution in [3.05, 3.63) is 82.6 Å². The summed E-state index contributed by atoms with van der Waals surface area (Å²) in [6.07, 6.45) is 3.19. The van der Waals surface area contributed by atoms with Gasteiger partial charge in [-0.25, -0.2) is 17.4 Å². The number of aromatic nitrogens is 2. The highest BCUT2D eigenvalue weighted by molar-refractivity contribution is 9.10.